The smallest absolute Gasteiger partial charge is 0.164 e. The molecule has 2 heterocycles. The van der Waals surface area contributed by atoms with Crippen LogP contribution < -0.4 is 10.2 Å². The maximum atomic E-state index is 6.40. The van der Waals surface area contributed by atoms with Gasteiger partial charge < -0.3 is 14.6 Å². The minimum Gasteiger partial charge on any atom is -0.456 e. The van der Waals surface area contributed by atoms with Crippen molar-refractivity contribution < 1.29 is 4.42 Å². The molecule has 0 spiro atoms. The van der Waals surface area contributed by atoms with Gasteiger partial charge >= 0.3 is 0 Å². The molecule has 0 fully saturated rings. The van der Waals surface area contributed by atoms with Crippen LogP contribution >= 0.6 is 0 Å². The first-order valence-electron chi connectivity index (χ1n) is 17.2. The minimum absolute atomic E-state index is 0.602. The number of nitrogens with zero attached hydrogens (tertiary/aromatic N) is 4. The number of fused-ring (bicyclic) bond motifs is 3. The van der Waals surface area contributed by atoms with Crippen LogP contribution in [0, 0.1) is 0 Å². The van der Waals surface area contributed by atoms with Gasteiger partial charge in [0.15, 0.2) is 17.5 Å². The molecule has 0 aliphatic rings. The fraction of sp³-hybridized carbons (Fsp3) is 0.159. The second-order valence-corrected chi connectivity index (χ2v) is 11.9. The number of rotatable bonds is 9. The molecule has 7 rings (SSSR count). The molecule has 6 heteroatoms. The molecule has 0 bridgehead atoms. The molecular weight excluding hydrogens is 615 g/mol. The number of hydrogen-bond acceptors (Lipinski definition) is 6. The van der Waals surface area contributed by atoms with Crippen molar-refractivity contribution in [1.82, 2.24) is 15.0 Å². The number of nitrogens with one attached hydrogen (secondary N) is 1. The molecule has 5 aromatic carbocycles. The van der Waals surface area contributed by atoms with Gasteiger partial charge in [0.2, 0.25) is 0 Å². The van der Waals surface area contributed by atoms with Gasteiger partial charge in [-0.25, -0.2) is 15.0 Å². The van der Waals surface area contributed by atoms with Crippen molar-refractivity contribution in [3.05, 3.63) is 139 Å². The van der Waals surface area contributed by atoms with E-state index in [4.69, 9.17) is 19.4 Å². The molecule has 0 radical (unpaired) electrons. The van der Waals surface area contributed by atoms with Gasteiger partial charge in [0.05, 0.1) is 11.4 Å². The first-order chi connectivity index (χ1) is 24.5. The summed E-state index contributed by atoms with van der Waals surface area (Å²) < 4.78 is 6.40. The number of hydrogen-bond donors (Lipinski definition) is 1. The lowest BCUT2D eigenvalue weighted by Gasteiger charge is -2.23. The van der Waals surface area contributed by atoms with Crippen molar-refractivity contribution in [2.45, 2.75) is 27.7 Å². The second kappa shape index (κ2) is 15.5. The fourth-order valence-corrected chi connectivity index (χ4v) is 6.14. The lowest BCUT2D eigenvalue weighted by Crippen LogP contribution is -2.20. The number of likely N-dealkylation sites (N-methyl/N-ethyl adjacent to an activating group) is 1. The van der Waals surface area contributed by atoms with Gasteiger partial charge in [0, 0.05) is 48.1 Å². The van der Waals surface area contributed by atoms with E-state index in [1.807, 2.05) is 107 Å². The van der Waals surface area contributed by atoms with Crippen molar-refractivity contribution >= 4 is 33.3 Å². The molecule has 0 atom stereocenters. The van der Waals surface area contributed by atoms with E-state index >= 15 is 0 Å². The highest BCUT2D eigenvalue weighted by Gasteiger charge is 2.18. The summed E-state index contributed by atoms with van der Waals surface area (Å²) in [7, 11) is 4.10. The summed E-state index contributed by atoms with van der Waals surface area (Å²) in [5, 5.41) is 5.41. The van der Waals surface area contributed by atoms with Gasteiger partial charge in [0.1, 0.15) is 11.2 Å². The Kier molecular flexibility index (Phi) is 10.5. The van der Waals surface area contributed by atoms with E-state index in [1.54, 1.807) is 0 Å². The van der Waals surface area contributed by atoms with Crippen LogP contribution in [0.3, 0.4) is 0 Å². The molecule has 1 N–H and O–H groups in total. The van der Waals surface area contributed by atoms with Gasteiger partial charge in [-0.3, -0.25) is 0 Å². The van der Waals surface area contributed by atoms with E-state index in [9.17, 15) is 0 Å². The quantitative estimate of drug-likeness (QED) is 0.156. The summed E-state index contributed by atoms with van der Waals surface area (Å²) in [6, 6.07) is 39.1. The van der Waals surface area contributed by atoms with Gasteiger partial charge in [-0.15, -0.1) is 0 Å². The maximum Gasteiger partial charge on any atom is 0.164 e. The molecule has 0 aliphatic heterocycles. The molecule has 6 nitrogen and oxygen atoms in total. The van der Waals surface area contributed by atoms with E-state index in [0.717, 1.165) is 67.7 Å². The number of allylic oxidation sites excluding steroid dienone is 3. The van der Waals surface area contributed by atoms with Crippen LogP contribution in [0.2, 0.25) is 0 Å². The van der Waals surface area contributed by atoms with Crippen molar-refractivity contribution in [3.8, 4) is 45.3 Å². The van der Waals surface area contributed by atoms with Gasteiger partial charge in [-0.2, -0.15) is 0 Å². The van der Waals surface area contributed by atoms with E-state index in [-0.39, 0.29) is 0 Å². The third kappa shape index (κ3) is 7.06. The summed E-state index contributed by atoms with van der Waals surface area (Å²) in [4.78, 5) is 17.2. The number of furan rings is 1. The topological polar surface area (TPSA) is 67.1 Å². The Balaban J connectivity index is 0.00000212. The molecule has 7 aromatic rings. The number of benzene rings is 5. The largest absolute Gasteiger partial charge is 0.456 e. The Labute approximate surface area is 294 Å². The zero-order chi connectivity index (χ0) is 35.0. The maximum absolute atomic E-state index is 6.40. The predicted octanol–water partition coefficient (Wildman–Crippen LogP) is 11.5. The summed E-state index contributed by atoms with van der Waals surface area (Å²) in [6.07, 6.45) is 6.29. The predicted molar refractivity (Wildman–Crippen MR) is 212 cm³/mol. The van der Waals surface area contributed by atoms with E-state index in [0.29, 0.717) is 17.5 Å². The zero-order valence-corrected chi connectivity index (χ0v) is 29.6. The molecule has 0 aliphatic carbocycles. The molecular formula is C44H43N5O. The van der Waals surface area contributed by atoms with E-state index in [2.05, 4.69) is 78.8 Å². The van der Waals surface area contributed by atoms with Crippen LogP contribution in [-0.4, -0.2) is 35.6 Å². The number of aromatic nitrogens is 3. The Bertz CT molecular complexity index is 2230. The second-order valence-electron chi connectivity index (χ2n) is 11.9. The highest BCUT2D eigenvalue weighted by Crippen LogP contribution is 2.39. The first kappa shape index (κ1) is 33.9. The van der Waals surface area contributed by atoms with Crippen molar-refractivity contribution in [2.24, 2.45) is 0 Å². The van der Waals surface area contributed by atoms with E-state index in [1.165, 1.54) is 5.57 Å². The zero-order valence-electron chi connectivity index (χ0n) is 29.6. The summed E-state index contributed by atoms with van der Waals surface area (Å²) in [6.45, 7) is 9.03. The summed E-state index contributed by atoms with van der Waals surface area (Å²) in [5.41, 5.74) is 10.1. The monoisotopic (exact) mass is 657 g/mol. The van der Waals surface area contributed by atoms with Crippen LogP contribution in [0.1, 0.15) is 27.7 Å². The lowest BCUT2D eigenvalue weighted by molar-refractivity contribution is 0.669. The van der Waals surface area contributed by atoms with Crippen LogP contribution in [0.25, 0.3) is 67.2 Å². The third-order valence-electron chi connectivity index (χ3n) is 8.51. The average molecular weight is 658 g/mol. The Morgan fingerprint density at radius 1 is 0.700 bits per heavy atom. The summed E-state index contributed by atoms with van der Waals surface area (Å²) in [5.74, 6) is 1.86. The molecule has 50 heavy (non-hydrogen) atoms. The minimum atomic E-state index is 0.602. The molecule has 0 saturated carbocycles. The van der Waals surface area contributed by atoms with Crippen molar-refractivity contribution in [2.75, 3.05) is 30.9 Å². The van der Waals surface area contributed by atoms with E-state index < -0.39 is 0 Å². The van der Waals surface area contributed by atoms with Crippen LogP contribution in [-0.2, 0) is 0 Å². The lowest BCUT2D eigenvalue weighted by atomic mass is 9.99. The standard InChI is InChI=1S/C42H37N5O.C2H6/c1-5-6-14-28(2)27-47(4)36-23-21-32(26-35(36)43-3)31-22-24-37-34(25-31)39-33(19-13-20-38(39)48-37)42-45-40(29-15-9-7-10-16-29)44-41(46-42)30-17-11-8-12-18-30;1-2/h5-26,43H,27H2,1-4H3;1-2H3/b6-5-,28-14+;. The molecule has 0 amide bonds. The number of anilines is 2. The molecule has 2 aromatic heterocycles. The Morgan fingerprint density at radius 2 is 1.32 bits per heavy atom. The third-order valence-corrected chi connectivity index (χ3v) is 8.51. The SMILES string of the molecule is C/C=C\C=C(/C)CN(C)c1ccc(-c2ccc3oc4cccc(-c5nc(-c6ccccc6)nc(-c6ccccc6)n5)c4c3c2)cc1NC.CC. The molecule has 0 unspecified atom stereocenters. The summed E-state index contributed by atoms with van der Waals surface area (Å²) >= 11 is 0. The van der Waals surface area contributed by atoms with Gasteiger partial charge in [-0.1, -0.05) is 123 Å². The highest BCUT2D eigenvalue weighted by atomic mass is 16.3. The first-order valence-corrected chi connectivity index (χ1v) is 17.2. The normalized spacial score (nSPS) is 11.5. The van der Waals surface area contributed by atoms with Gasteiger partial charge in [0.25, 0.3) is 0 Å². The fourth-order valence-electron chi connectivity index (χ4n) is 6.14. The average Bonchev–Trinajstić information content (AvgIpc) is 3.56. The van der Waals surface area contributed by atoms with Crippen molar-refractivity contribution in [3.63, 3.8) is 0 Å². The van der Waals surface area contributed by atoms with Gasteiger partial charge in [-0.05, 0) is 55.3 Å². The molecule has 250 valence electrons. The highest BCUT2D eigenvalue weighted by molar-refractivity contribution is 6.12. The Morgan fingerprint density at radius 3 is 1.96 bits per heavy atom. The van der Waals surface area contributed by atoms with Crippen molar-refractivity contribution in [1.29, 1.82) is 0 Å². The van der Waals surface area contributed by atoms with Crippen LogP contribution in [0.15, 0.2) is 143 Å². The van der Waals surface area contributed by atoms with Crippen LogP contribution in [0.4, 0.5) is 11.4 Å². The van der Waals surface area contributed by atoms with Crippen LogP contribution in [0.5, 0.6) is 0 Å². The Hall–Kier alpha value is -6.01. The molecule has 0 saturated heterocycles.